The van der Waals surface area contributed by atoms with E-state index in [9.17, 15) is 0 Å². The first kappa shape index (κ1) is 13.4. The Kier molecular flexibility index (Phi) is 4.64. The average Bonchev–Trinajstić information content (AvgIpc) is 2.35. The van der Waals surface area contributed by atoms with Gasteiger partial charge in [-0.25, -0.2) is 0 Å². The zero-order valence-corrected chi connectivity index (χ0v) is 11.9. The van der Waals surface area contributed by atoms with Crippen molar-refractivity contribution in [3.63, 3.8) is 0 Å². The Hall–Kier alpha value is -1.03. The lowest BCUT2D eigenvalue weighted by molar-refractivity contribution is 0.244. The second-order valence-corrected chi connectivity index (χ2v) is 6.14. The molecule has 1 aliphatic rings. The van der Waals surface area contributed by atoms with Gasteiger partial charge in [0.25, 0.3) is 0 Å². The molecule has 4 heteroatoms. The fourth-order valence-electron chi connectivity index (χ4n) is 2.09. The maximum absolute atomic E-state index is 6.16. The number of hydrogen-bond donors (Lipinski definition) is 2. The summed E-state index contributed by atoms with van der Waals surface area (Å²) in [7, 11) is 0. The Morgan fingerprint density at radius 1 is 1.33 bits per heavy atom. The van der Waals surface area contributed by atoms with Gasteiger partial charge in [-0.3, -0.25) is 0 Å². The molecule has 0 spiro atoms. The Balaban J connectivity index is 2.07. The Morgan fingerprint density at radius 2 is 2.06 bits per heavy atom. The Bertz CT molecular complexity index is 389. The molecule has 1 fully saturated rings. The van der Waals surface area contributed by atoms with Crippen molar-refractivity contribution in [3.05, 3.63) is 18.2 Å². The van der Waals surface area contributed by atoms with Gasteiger partial charge in [-0.2, -0.15) is 11.8 Å². The molecule has 100 valence electrons. The molecule has 3 nitrogen and oxygen atoms in total. The molecule has 1 aromatic carbocycles. The highest BCUT2D eigenvalue weighted by atomic mass is 32.2. The second-order valence-electron chi connectivity index (χ2n) is 4.91. The molecule has 0 radical (unpaired) electrons. The van der Waals surface area contributed by atoms with Crippen LogP contribution in [0.2, 0.25) is 0 Å². The number of rotatable bonds is 4. The van der Waals surface area contributed by atoms with E-state index in [0.29, 0.717) is 6.04 Å². The molecule has 18 heavy (non-hydrogen) atoms. The fraction of sp³-hybridized carbons (Fsp3) is 0.571. The highest BCUT2D eigenvalue weighted by Gasteiger charge is 2.15. The number of benzene rings is 1. The number of anilines is 2. The normalized spacial score (nSPS) is 16.8. The van der Waals surface area contributed by atoms with E-state index in [1.807, 2.05) is 43.8 Å². The third kappa shape index (κ3) is 3.48. The van der Waals surface area contributed by atoms with Crippen molar-refractivity contribution < 1.29 is 4.74 Å². The molecule has 0 unspecified atom stereocenters. The first-order valence-electron chi connectivity index (χ1n) is 6.56. The minimum atomic E-state index is 0.147. The van der Waals surface area contributed by atoms with Gasteiger partial charge in [-0.1, -0.05) is 6.07 Å². The summed E-state index contributed by atoms with van der Waals surface area (Å²) in [4.78, 5) is 0. The van der Waals surface area contributed by atoms with Crippen LogP contribution in [0.5, 0.6) is 5.75 Å². The predicted octanol–water partition coefficient (Wildman–Crippen LogP) is 3.36. The van der Waals surface area contributed by atoms with Gasteiger partial charge in [-0.05, 0) is 50.3 Å². The lowest BCUT2D eigenvalue weighted by Gasteiger charge is -2.25. The molecule has 0 saturated carbocycles. The number of nitrogens with two attached hydrogens (primary N) is 1. The standard InChI is InChI=1S/C14H22N2OS/c1-10(2)17-13-5-3-4-12(14(13)15)16-11-6-8-18-9-7-11/h3-5,10-11,16H,6-9,15H2,1-2H3. The molecule has 0 amide bonds. The molecule has 1 heterocycles. The Labute approximate surface area is 113 Å². The minimum absolute atomic E-state index is 0.147. The highest BCUT2D eigenvalue weighted by molar-refractivity contribution is 7.99. The van der Waals surface area contributed by atoms with Crippen LogP contribution in [0.15, 0.2) is 18.2 Å². The van der Waals surface area contributed by atoms with Crippen LogP contribution in [-0.2, 0) is 0 Å². The van der Waals surface area contributed by atoms with Gasteiger partial charge in [0.2, 0.25) is 0 Å². The van der Waals surface area contributed by atoms with E-state index >= 15 is 0 Å². The number of nitrogens with one attached hydrogen (secondary N) is 1. The topological polar surface area (TPSA) is 47.3 Å². The molecule has 0 atom stereocenters. The summed E-state index contributed by atoms with van der Waals surface area (Å²) in [5.41, 5.74) is 7.89. The van der Waals surface area contributed by atoms with E-state index in [1.54, 1.807) is 0 Å². The number of nitrogen functional groups attached to an aromatic ring is 1. The van der Waals surface area contributed by atoms with E-state index in [4.69, 9.17) is 10.5 Å². The first-order chi connectivity index (χ1) is 8.66. The molecule has 0 aliphatic carbocycles. The van der Waals surface area contributed by atoms with Crippen molar-refractivity contribution in [3.8, 4) is 5.75 Å². The summed E-state index contributed by atoms with van der Waals surface area (Å²) in [6.45, 7) is 4.02. The van der Waals surface area contributed by atoms with Crippen LogP contribution >= 0.6 is 11.8 Å². The first-order valence-corrected chi connectivity index (χ1v) is 7.71. The quantitative estimate of drug-likeness (QED) is 0.820. The third-order valence-electron chi connectivity index (χ3n) is 3.01. The fourth-order valence-corrected chi connectivity index (χ4v) is 3.19. The lowest BCUT2D eigenvalue weighted by atomic mass is 10.1. The van der Waals surface area contributed by atoms with E-state index < -0.39 is 0 Å². The molecule has 1 saturated heterocycles. The van der Waals surface area contributed by atoms with Gasteiger partial charge in [-0.15, -0.1) is 0 Å². The van der Waals surface area contributed by atoms with E-state index in [0.717, 1.165) is 17.1 Å². The molecule has 0 aromatic heterocycles. The van der Waals surface area contributed by atoms with Gasteiger partial charge in [0, 0.05) is 6.04 Å². The van der Waals surface area contributed by atoms with Gasteiger partial charge >= 0.3 is 0 Å². The number of hydrogen-bond acceptors (Lipinski definition) is 4. The van der Waals surface area contributed by atoms with E-state index in [1.165, 1.54) is 24.3 Å². The molecule has 0 bridgehead atoms. The van der Waals surface area contributed by atoms with Gasteiger partial charge in [0.05, 0.1) is 17.5 Å². The van der Waals surface area contributed by atoms with E-state index in [-0.39, 0.29) is 6.10 Å². The lowest BCUT2D eigenvalue weighted by Crippen LogP contribution is -2.25. The summed E-state index contributed by atoms with van der Waals surface area (Å²) in [6.07, 6.45) is 2.56. The minimum Gasteiger partial charge on any atom is -0.489 e. The maximum atomic E-state index is 6.16. The third-order valence-corrected chi connectivity index (χ3v) is 4.06. The van der Waals surface area contributed by atoms with Crippen LogP contribution in [0, 0.1) is 0 Å². The monoisotopic (exact) mass is 266 g/mol. The van der Waals surface area contributed by atoms with Gasteiger partial charge in [0.1, 0.15) is 5.75 Å². The summed E-state index contributed by atoms with van der Waals surface area (Å²) in [5.74, 6) is 3.25. The van der Waals surface area contributed by atoms with Crippen molar-refractivity contribution in [2.24, 2.45) is 0 Å². The summed E-state index contributed by atoms with van der Waals surface area (Å²) >= 11 is 2.03. The Morgan fingerprint density at radius 3 is 2.72 bits per heavy atom. The van der Waals surface area contributed by atoms with Crippen LogP contribution in [0.25, 0.3) is 0 Å². The molecule has 1 aliphatic heterocycles. The smallest absolute Gasteiger partial charge is 0.144 e. The zero-order chi connectivity index (χ0) is 13.0. The van der Waals surface area contributed by atoms with Crippen molar-refractivity contribution in [1.29, 1.82) is 0 Å². The summed E-state index contributed by atoms with van der Waals surface area (Å²) in [6, 6.07) is 6.50. The van der Waals surface area contributed by atoms with Gasteiger partial charge < -0.3 is 15.8 Å². The van der Waals surface area contributed by atoms with E-state index in [2.05, 4.69) is 5.32 Å². The maximum Gasteiger partial charge on any atom is 0.144 e. The molecule has 2 rings (SSSR count). The van der Waals surface area contributed by atoms with Crippen LogP contribution in [0.4, 0.5) is 11.4 Å². The van der Waals surface area contributed by atoms with Gasteiger partial charge in [0.15, 0.2) is 0 Å². The van der Waals surface area contributed by atoms with Crippen LogP contribution in [0.1, 0.15) is 26.7 Å². The zero-order valence-electron chi connectivity index (χ0n) is 11.1. The van der Waals surface area contributed by atoms with Crippen molar-refractivity contribution in [1.82, 2.24) is 0 Å². The number of thioether (sulfide) groups is 1. The highest BCUT2D eigenvalue weighted by Crippen LogP contribution is 2.32. The van der Waals surface area contributed by atoms with Crippen molar-refractivity contribution in [2.75, 3.05) is 22.6 Å². The van der Waals surface area contributed by atoms with Crippen LogP contribution in [-0.4, -0.2) is 23.7 Å². The number of ether oxygens (including phenoxy) is 1. The van der Waals surface area contributed by atoms with Crippen LogP contribution < -0.4 is 15.8 Å². The predicted molar refractivity (Wildman–Crippen MR) is 80.6 cm³/mol. The molecular weight excluding hydrogens is 244 g/mol. The summed E-state index contributed by atoms with van der Waals surface area (Å²) < 4.78 is 5.71. The van der Waals surface area contributed by atoms with Crippen LogP contribution in [0.3, 0.4) is 0 Å². The largest absolute Gasteiger partial charge is 0.489 e. The van der Waals surface area contributed by atoms with Crippen molar-refractivity contribution in [2.45, 2.75) is 38.8 Å². The molecule has 1 aromatic rings. The second kappa shape index (κ2) is 6.23. The molecular formula is C14H22N2OS. The summed E-state index contributed by atoms with van der Waals surface area (Å²) in [5, 5.41) is 3.54. The SMILES string of the molecule is CC(C)Oc1cccc(NC2CCSCC2)c1N. The average molecular weight is 266 g/mol. The van der Waals surface area contributed by atoms with Crippen molar-refractivity contribution >= 4 is 23.1 Å². The number of para-hydroxylation sites is 1. The molecule has 3 N–H and O–H groups in total.